The molecule has 0 amide bonds. The summed E-state index contributed by atoms with van der Waals surface area (Å²) in [4.78, 5) is 18.2. The number of halogens is 3. The lowest BCUT2D eigenvalue weighted by Gasteiger charge is -2.23. The molecule has 0 atom stereocenters. The van der Waals surface area contributed by atoms with Gasteiger partial charge in [0.05, 0.1) is 33.0 Å². The van der Waals surface area contributed by atoms with Crippen LogP contribution in [0.25, 0.3) is 22.3 Å². The summed E-state index contributed by atoms with van der Waals surface area (Å²) in [5.74, 6) is -0.306. The van der Waals surface area contributed by atoms with Crippen molar-refractivity contribution < 1.29 is 26.7 Å². The highest BCUT2D eigenvalue weighted by atomic mass is 32.2. The predicted octanol–water partition coefficient (Wildman–Crippen LogP) is 4.07. The van der Waals surface area contributed by atoms with Crippen LogP contribution in [-0.2, 0) is 15.3 Å². The third-order valence-corrected chi connectivity index (χ3v) is 6.50. The standard InChI is InChI=1S/C21H18F3N3O4S/c1-10-11(9-25)7-14(20(2,3)4)17(28)16(10)18-26-15-6-5-12(8-13(15)19(29)27-18)32(30,31)21(22,23)24/h5-8,28H,1-4H3,(H,26,27,29). The van der Waals surface area contributed by atoms with Gasteiger partial charge in [0, 0.05) is 5.56 Å². The average molecular weight is 465 g/mol. The van der Waals surface area contributed by atoms with Gasteiger partial charge < -0.3 is 10.1 Å². The summed E-state index contributed by atoms with van der Waals surface area (Å²) in [6.07, 6.45) is 0. The van der Waals surface area contributed by atoms with E-state index in [9.17, 15) is 36.8 Å². The van der Waals surface area contributed by atoms with Crippen molar-refractivity contribution in [3.63, 3.8) is 0 Å². The van der Waals surface area contributed by atoms with Crippen molar-refractivity contribution in [2.24, 2.45) is 0 Å². The molecule has 0 saturated heterocycles. The van der Waals surface area contributed by atoms with Gasteiger partial charge in [-0.2, -0.15) is 18.4 Å². The van der Waals surface area contributed by atoms with Crippen LogP contribution in [0.4, 0.5) is 13.2 Å². The molecule has 0 spiro atoms. The molecule has 0 aliphatic carbocycles. The molecule has 0 radical (unpaired) electrons. The molecule has 0 saturated carbocycles. The Bertz CT molecular complexity index is 1460. The van der Waals surface area contributed by atoms with Gasteiger partial charge in [0.25, 0.3) is 15.4 Å². The summed E-state index contributed by atoms with van der Waals surface area (Å²) < 4.78 is 61.9. The predicted molar refractivity (Wildman–Crippen MR) is 111 cm³/mol. The van der Waals surface area contributed by atoms with E-state index in [1.54, 1.807) is 13.0 Å². The van der Waals surface area contributed by atoms with Crippen molar-refractivity contribution >= 4 is 20.7 Å². The van der Waals surface area contributed by atoms with Crippen molar-refractivity contribution in [2.75, 3.05) is 0 Å². The highest BCUT2D eigenvalue weighted by Gasteiger charge is 2.47. The summed E-state index contributed by atoms with van der Waals surface area (Å²) in [6.45, 7) is 7.02. The number of benzene rings is 2. The van der Waals surface area contributed by atoms with E-state index >= 15 is 0 Å². The maximum absolute atomic E-state index is 12.9. The third-order valence-electron chi connectivity index (χ3n) is 5.02. The smallest absolute Gasteiger partial charge is 0.501 e. The van der Waals surface area contributed by atoms with Gasteiger partial charge in [-0.05, 0) is 42.2 Å². The summed E-state index contributed by atoms with van der Waals surface area (Å²) in [6, 6.07) is 5.87. The normalized spacial score (nSPS) is 12.7. The second kappa shape index (κ2) is 7.34. The lowest BCUT2D eigenvalue weighted by atomic mass is 9.82. The number of H-pyrrole nitrogens is 1. The van der Waals surface area contributed by atoms with E-state index < -0.39 is 31.2 Å². The average Bonchev–Trinajstić information content (AvgIpc) is 2.66. The number of rotatable bonds is 2. The Kier molecular flexibility index (Phi) is 5.34. The van der Waals surface area contributed by atoms with E-state index in [4.69, 9.17) is 0 Å². The Hall–Kier alpha value is -3.39. The second-order valence-electron chi connectivity index (χ2n) is 8.22. The number of hydrogen-bond acceptors (Lipinski definition) is 6. The Morgan fingerprint density at radius 1 is 1.16 bits per heavy atom. The summed E-state index contributed by atoms with van der Waals surface area (Å²) >= 11 is 0. The summed E-state index contributed by atoms with van der Waals surface area (Å²) in [7, 11) is -5.65. The monoisotopic (exact) mass is 465 g/mol. The van der Waals surface area contributed by atoms with Crippen molar-refractivity contribution in [3.8, 4) is 23.2 Å². The maximum atomic E-state index is 12.9. The lowest BCUT2D eigenvalue weighted by molar-refractivity contribution is -0.0435. The first-order chi connectivity index (χ1) is 14.6. The number of phenols is 1. The van der Waals surface area contributed by atoms with E-state index in [1.807, 2.05) is 26.8 Å². The quantitative estimate of drug-likeness (QED) is 0.588. The molecule has 0 fully saturated rings. The number of aromatic nitrogens is 2. The first-order valence-electron chi connectivity index (χ1n) is 9.22. The Labute approximate surface area is 181 Å². The fourth-order valence-corrected chi connectivity index (χ4v) is 4.07. The zero-order valence-corrected chi connectivity index (χ0v) is 18.2. The largest absolute Gasteiger partial charge is 0.507 e. The molecule has 1 heterocycles. The van der Waals surface area contributed by atoms with Crippen LogP contribution in [0.1, 0.15) is 37.5 Å². The van der Waals surface area contributed by atoms with Gasteiger partial charge in [0.1, 0.15) is 11.6 Å². The van der Waals surface area contributed by atoms with Crippen LogP contribution in [0.15, 0.2) is 34.0 Å². The number of aromatic amines is 1. The van der Waals surface area contributed by atoms with Crippen LogP contribution in [0, 0.1) is 18.3 Å². The van der Waals surface area contributed by atoms with Gasteiger partial charge in [0.2, 0.25) is 0 Å². The molecular formula is C21H18F3N3O4S. The van der Waals surface area contributed by atoms with Crippen LogP contribution in [-0.4, -0.2) is 29.0 Å². The van der Waals surface area contributed by atoms with Crippen LogP contribution in [0.3, 0.4) is 0 Å². The molecule has 168 valence electrons. The zero-order valence-electron chi connectivity index (χ0n) is 17.4. The van der Waals surface area contributed by atoms with Crippen molar-refractivity contribution in [3.05, 3.63) is 51.3 Å². The number of phenolic OH excluding ortho intramolecular Hbond substituents is 1. The van der Waals surface area contributed by atoms with E-state index in [2.05, 4.69) is 9.97 Å². The van der Waals surface area contributed by atoms with Crippen LogP contribution in [0.5, 0.6) is 5.75 Å². The topological polar surface area (TPSA) is 124 Å². The minimum Gasteiger partial charge on any atom is -0.507 e. The fourth-order valence-electron chi connectivity index (χ4n) is 3.28. The molecule has 3 rings (SSSR count). The molecule has 0 aliphatic rings. The molecule has 1 aromatic heterocycles. The Morgan fingerprint density at radius 2 is 1.78 bits per heavy atom. The Morgan fingerprint density at radius 3 is 2.31 bits per heavy atom. The number of nitriles is 1. The number of hydrogen-bond donors (Lipinski definition) is 2. The Balaban J connectivity index is 2.33. The molecule has 2 aromatic carbocycles. The van der Waals surface area contributed by atoms with E-state index in [0.717, 1.165) is 6.07 Å². The highest BCUT2D eigenvalue weighted by molar-refractivity contribution is 7.92. The van der Waals surface area contributed by atoms with Crippen LogP contribution in [0.2, 0.25) is 0 Å². The van der Waals surface area contributed by atoms with Crippen molar-refractivity contribution in [1.29, 1.82) is 5.26 Å². The third kappa shape index (κ3) is 3.71. The molecule has 32 heavy (non-hydrogen) atoms. The van der Waals surface area contributed by atoms with Crippen molar-refractivity contribution in [2.45, 2.75) is 43.5 Å². The van der Waals surface area contributed by atoms with E-state index in [0.29, 0.717) is 23.3 Å². The number of nitrogens with zero attached hydrogens (tertiary/aromatic N) is 2. The first-order valence-corrected chi connectivity index (χ1v) is 10.7. The lowest BCUT2D eigenvalue weighted by Crippen LogP contribution is -2.23. The van der Waals surface area contributed by atoms with Gasteiger partial charge >= 0.3 is 5.51 Å². The minimum atomic E-state index is -5.65. The molecule has 2 N–H and O–H groups in total. The second-order valence-corrected chi connectivity index (χ2v) is 10.2. The van der Waals surface area contributed by atoms with Crippen LogP contribution < -0.4 is 5.56 Å². The first kappa shape index (κ1) is 23.3. The van der Waals surface area contributed by atoms with E-state index in [-0.39, 0.29) is 33.6 Å². The number of nitrogens with one attached hydrogen (secondary N) is 1. The number of alkyl halides is 3. The van der Waals surface area contributed by atoms with Gasteiger partial charge in [-0.15, -0.1) is 0 Å². The van der Waals surface area contributed by atoms with Gasteiger partial charge in [-0.1, -0.05) is 20.8 Å². The maximum Gasteiger partial charge on any atom is 0.501 e. The molecular weight excluding hydrogens is 447 g/mol. The number of sulfone groups is 1. The van der Waals surface area contributed by atoms with Gasteiger partial charge in [-0.3, -0.25) is 4.79 Å². The molecule has 0 unspecified atom stereocenters. The minimum absolute atomic E-state index is 0.0802. The molecule has 0 bridgehead atoms. The van der Waals surface area contributed by atoms with Crippen molar-refractivity contribution in [1.82, 2.24) is 9.97 Å². The van der Waals surface area contributed by atoms with Gasteiger partial charge in [-0.25, -0.2) is 13.4 Å². The molecule has 7 nitrogen and oxygen atoms in total. The molecule has 0 aliphatic heterocycles. The fraction of sp³-hybridized carbons (Fsp3) is 0.286. The van der Waals surface area contributed by atoms with E-state index in [1.165, 1.54) is 0 Å². The summed E-state index contributed by atoms with van der Waals surface area (Å²) in [5, 5.41) is 20.0. The summed E-state index contributed by atoms with van der Waals surface area (Å²) in [5.41, 5.74) is -5.94. The number of aromatic hydroxyl groups is 1. The molecule has 3 aromatic rings. The van der Waals surface area contributed by atoms with Crippen LogP contribution >= 0.6 is 0 Å². The van der Waals surface area contributed by atoms with Gasteiger partial charge in [0.15, 0.2) is 0 Å². The molecule has 11 heteroatoms. The zero-order chi connectivity index (χ0) is 24.2. The number of fused-ring (bicyclic) bond motifs is 1. The highest BCUT2D eigenvalue weighted by Crippen LogP contribution is 2.41. The SMILES string of the molecule is Cc1c(C#N)cc(C(C)(C)C)c(O)c1-c1nc2ccc(S(=O)(=O)C(F)(F)F)cc2c(=O)[nH]1.